The summed E-state index contributed by atoms with van der Waals surface area (Å²) in [6.07, 6.45) is 2.80. The summed E-state index contributed by atoms with van der Waals surface area (Å²) >= 11 is 7.48. The van der Waals surface area contributed by atoms with Gasteiger partial charge in [-0.15, -0.1) is 11.3 Å². The van der Waals surface area contributed by atoms with E-state index in [9.17, 15) is 9.59 Å². The van der Waals surface area contributed by atoms with Gasteiger partial charge < -0.3 is 9.72 Å². The van der Waals surface area contributed by atoms with Crippen LogP contribution in [0.1, 0.15) is 47.4 Å². The molecule has 0 aliphatic carbocycles. The van der Waals surface area contributed by atoms with Gasteiger partial charge in [-0.1, -0.05) is 31.9 Å². The van der Waals surface area contributed by atoms with E-state index in [4.69, 9.17) is 16.3 Å². The molecule has 2 aromatic carbocycles. The van der Waals surface area contributed by atoms with Crippen LogP contribution in [0.25, 0.3) is 10.9 Å². The van der Waals surface area contributed by atoms with Gasteiger partial charge in [0.25, 0.3) is 0 Å². The van der Waals surface area contributed by atoms with Gasteiger partial charge in [-0.3, -0.25) is 14.5 Å². The highest BCUT2D eigenvalue weighted by Gasteiger charge is 2.26. The van der Waals surface area contributed by atoms with Crippen LogP contribution >= 0.6 is 22.9 Å². The molecule has 0 bridgehead atoms. The third-order valence-corrected chi connectivity index (χ3v) is 7.31. The van der Waals surface area contributed by atoms with E-state index >= 15 is 0 Å². The molecule has 4 rings (SSSR count). The number of halogens is 1. The van der Waals surface area contributed by atoms with E-state index in [1.165, 1.54) is 11.3 Å². The Morgan fingerprint density at radius 3 is 2.57 bits per heavy atom. The molecule has 1 N–H and O–H groups in total. The zero-order valence-corrected chi connectivity index (χ0v) is 21.8. The minimum absolute atomic E-state index is 0.0584. The van der Waals surface area contributed by atoms with Crippen molar-refractivity contribution in [3.8, 4) is 5.75 Å². The second-order valence-corrected chi connectivity index (χ2v) is 9.95. The van der Waals surface area contributed by atoms with Gasteiger partial charge in [0.1, 0.15) is 5.75 Å². The summed E-state index contributed by atoms with van der Waals surface area (Å²) < 4.78 is 5.60. The number of rotatable bonds is 9. The molecule has 0 aliphatic heterocycles. The van der Waals surface area contributed by atoms with Crippen molar-refractivity contribution in [3.05, 3.63) is 75.4 Å². The van der Waals surface area contributed by atoms with Crippen LogP contribution in [0.5, 0.6) is 5.75 Å². The maximum absolute atomic E-state index is 13.7. The van der Waals surface area contributed by atoms with Gasteiger partial charge >= 0.3 is 0 Å². The highest BCUT2D eigenvalue weighted by molar-refractivity contribution is 7.13. The maximum atomic E-state index is 13.7. The number of ketones is 1. The number of methoxy groups -OCH3 is 1. The topological polar surface area (TPSA) is 75.3 Å². The number of thiazole rings is 1. The van der Waals surface area contributed by atoms with Gasteiger partial charge in [0.15, 0.2) is 10.9 Å². The number of carbonyl (C=O) groups excluding carboxylic acids is 2. The molecule has 1 atom stereocenters. The molecule has 4 aromatic rings. The molecule has 35 heavy (non-hydrogen) atoms. The summed E-state index contributed by atoms with van der Waals surface area (Å²) in [6, 6.07) is 10.4. The van der Waals surface area contributed by atoms with E-state index in [0.717, 1.165) is 23.2 Å². The Kier molecular flexibility index (Phi) is 7.57. The number of fused-ring (bicyclic) bond motifs is 1. The fraction of sp³-hybridized carbons (Fsp3) is 0.296. The number of aromatic amines is 1. The Balaban J connectivity index is 1.80. The number of aryl methyl sites for hydroxylation is 1. The molecule has 0 aliphatic rings. The van der Waals surface area contributed by atoms with Crippen molar-refractivity contribution < 1.29 is 14.3 Å². The van der Waals surface area contributed by atoms with Crippen LogP contribution in [0.2, 0.25) is 5.02 Å². The van der Waals surface area contributed by atoms with Crippen molar-refractivity contribution >= 4 is 50.7 Å². The van der Waals surface area contributed by atoms with Gasteiger partial charge in [-0.2, -0.15) is 0 Å². The fourth-order valence-corrected chi connectivity index (χ4v) is 4.95. The summed E-state index contributed by atoms with van der Waals surface area (Å²) in [5, 5.41) is 3.82. The van der Waals surface area contributed by atoms with E-state index in [1.54, 1.807) is 48.5 Å². The summed E-state index contributed by atoms with van der Waals surface area (Å²) in [5.74, 6) is 0.542. The van der Waals surface area contributed by atoms with Crippen molar-refractivity contribution in [2.24, 2.45) is 5.92 Å². The molecule has 1 amide bonds. The van der Waals surface area contributed by atoms with Crippen LogP contribution in [0.15, 0.2) is 48.0 Å². The van der Waals surface area contributed by atoms with Gasteiger partial charge in [0.2, 0.25) is 5.91 Å². The number of aromatic nitrogens is 2. The standard InChI is InChI=1S/C27H28ClN3O3S/c1-5-16(2)15-31(27-29-12-13-35-27)23(32)14-20-17(3)30-21-10-11-22(34-4)25(24(20)21)26(33)18-6-8-19(28)9-7-18/h6-13,16,30H,5,14-15H2,1-4H3. The van der Waals surface area contributed by atoms with Crippen molar-refractivity contribution in [1.82, 2.24) is 9.97 Å². The molecule has 8 heteroatoms. The molecule has 182 valence electrons. The Bertz CT molecular complexity index is 1350. The third kappa shape index (κ3) is 5.11. The van der Waals surface area contributed by atoms with Gasteiger partial charge in [0, 0.05) is 45.3 Å². The molecular weight excluding hydrogens is 482 g/mol. The predicted octanol–water partition coefficient (Wildman–Crippen LogP) is 6.45. The normalized spacial score (nSPS) is 12.0. The average Bonchev–Trinajstić information content (AvgIpc) is 3.50. The third-order valence-electron chi connectivity index (χ3n) is 6.27. The van der Waals surface area contributed by atoms with E-state index in [1.807, 2.05) is 18.4 Å². The lowest BCUT2D eigenvalue weighted by Crippen LogP contribution is -2.36. The summed E-state index contributed by atoms with van der Waals surface area (Å²) in [4.78, 5) is 36.8. The quantitative estimate of drug-likeness (QED) is 0.263. The first kappa shape index (κ1) is 24.9. The summed E-state index contributed by atoms with van der Waals surface area (Å²) in [6.45, 7) is 6.75. The number of nitrogens with zero attached hydrogens (tertiary/aromatic N) is 2. The van der Waals surface area contributed by atoms with Crippen LogP contribution < -0.4 is 9.64 Å². The molecular formula is C27H28ClN3O3S. The van der Waals surface area contributed by atoms with Crippen LogP contribution in [-0.4, -0.2) is 35.3 Å². The van der Waals surface area contributed by atoms with Gasteiger partial charge in [-0.05, 0) is 54.8 Å². The molecule has 6 nitrogen and oxygen atoms in total. The highest BCUT2D eigenvalue weighted by atomic mass is 35.5. The number of nitrogens with one attached hydrogen (secondary N) is 1. The highest BCUT2D eigenvalue weighted by Crippen LogP contribution is 2.35. The lowest BCUT2D eigenvalue weighted by Gasteiger charge is -2.23. The largest absolute Gasteiger partial charge is 0.496 e. The Hall–Kier alpha value is -3.16. The number of ether oxygens (including phenoxy) is 1. The minimum Gasteiger partial charge on any atom is -0.496 e. The molecule has 2 heterocycles. The first-order valence-corrected chi connectivity index (χ1v) is 12.8. The van der Waals surface area contributed by atoms with E-state index in [0.29, 0.717) is 44.9 Å². The van der Waals surface area contributed by atoms with Gasteiger partial charge in [0.05, 0.1) is 19.1 Å². The number of benzene rings is 2. The molecule has 0 saturated carbocycles. The molecule has 0 spiro atoms. The van der Waals surface area contributed by atoms with Crippen LogP contribution in [-0.2, 0) is 11.2 Å². The molecule has 0 radical (unpaired) electrons. The fourth-order valence-electron chi connectivity index (χ4n) is 4.15. The average molecular weight is 510 g/mol. The SMILES string of the molecule is CCC(C)CN(C(=O)Cc1c(C)[nH]c2ccc(OC)c(C(=O)c3ccc(Cl)cc3)c12)c1nccs1. The van der Waals surface area contributed by atoms with E-state index in [-0.39, 0.29) is 18.1 Å². The Morgan fingerprint density at radius 2 is 1.94 bits per heavy atom. The lowest BCUT2D eigenvalue weighted by molar-refractivity contribution is -0.118. The molecule has 0 fully saturated rings. The van der Waals surface area contributed by atoms with Crippen molar-refractivity contribution in [3.63, 3.8) is 0 Å². The molecule has 2 aromatic heterocycles. The Morgan fingerprint density at radius 1 is 1.20 bits per heavy atom. The van der Waals surface area contributed by atoms with Crippen molar-refractivity contribution in [2.45, 2.75) is 33.6 Å². The zero-order valence-electron chi connectivity index (χ0n) is 20.2. The second kappa shape index (κ2) is 10.6. The molecule has 0 saturated heterocycles. The number of hydrogen-bond donors (Lipinski definition) is 1. The predicted molar refractivity (Wildman–Crippen MR) is 142 cm³/mol. The number of carbonyl (C=O) groups is 2. The number of hydrogen-bond acceptors (Lipinski definition) is 5. The van der Waals surface area contributed by atoms with E-state index < -0.39 is 0 Å². The Labute approximate surface area is 213 Å². The first-order valence-electron chi connectivity index (χ1n) is 11.5. The number of amides is 1. The van der Waals surface area contributed by atoms with Crippen molar-refractivity contribution in [1.29, 1.82) is 0 Å². The second-order valence-electron chi connectivity index (χ2n) is 8.64. The van der Waals surface area contributed by atoms with Crippen LogP contribution in [0, 0.1) is 12.8 Å². The van der Waals surface area contributed by atoms with Crippen LogP contribution in [0.4, 0.5) is 5.13 Å². The van der Waals surface area contributed by atoms with E-state index in [2.05, 4.69) is 23.8 Å². The summed E-state index contributed by atoms with van der Waals surface area (Å²) in [5.41, 5.74) is 3.34. The summed E-state index contributed by atoms with van der Waals surface area (Å²) in [7, 11) is 1.54. The smallest absolute Gasteiger partial charge is 0.233 e. The van der Waals surface area contributed by atoms with Crippen LogP contribution in [0.3, 0.4) is 0 Å². The number of anilines is 1. The van der Waals surface area contributed by atoms with Gasteiger partial charge in [-0.25, -0.2) is 4.98 Å². The maximum Gasteiger partial charge on any atom is 0.233 e. The lowest BCUT2D eigenvalue weighted by atomic mass is 9.95. The number of H-pyrrole nitrogens is 1. The molecule has 1 unspecified atom stereocenters. The minimum atomic E-state index is -0.187. The zero-order chi connectivity index (χ0) is 25.1. The first-order chi connectivity index (χ1) is 16.8. The van der Waals surface area contributed by atoms with Crippen molar-refractivity contribution in [2.75, 3.05) is 18.6 Å². The monoisotopic (exact) mass is 509 g/mol.